The van der Waals surface area contributed by atoms with Crippen LogP contribution >= 0.6 is 22.9 Å². The van der Waals surface area contributed by atoms with E-state index in [1.54, 1.807) is 13.1 Å². The van der Waals surface area contributed by atoms with E-state index in [9.17, 15) is 8.42 Å². The number of halogens is 1. The van der Waals surface area contributed by atoms with Crippen LogP contribution in [0.4, 0.5) is 0 Å². The molecule has 0 unspecified atom stereocenters. The Morgan fingerprint density at radius 3 is 2.66 bits per heavy atom. The van der Waals surface area contributed by atoms with Gasteiger partial charge in [0.2, 0.25) is 0 Å². The minimum absolute atomic E-state index is 0.00922. The van der Waals surface area contributed by atoms with Crippen molar-refractivity contribution in [1.82, 2.24) is 10.3 Å². The van der Waals surface area contributed by atoms with Crippen molar-refractivity contribution in [2.24, 2.45) is 0 Å². The molecule has 2 aliphatic rings. The van der Waals surface area contributed by atoms with Crippen molar-refractivity contribution >= 4 is 38.6 Å². The maximum absolute atomic E-state index is 13.3. The molecule has 1 spiro atoms. The monoisotopic (exact) mass is 487 g/mol. The van der Waals surface area contributed by atoms with Gasteiger partial charge in [-0.05, 0) is 37.1 Å². The molecule has 1 aromatic carbocycles. The first kappa shape index (κ1) is 21.6. The van der Waals surface area contributed by atoms with Gasteiger partial charge in [-0.1, -0.05) is 41.9 Å². The number of hydrogen-bond acceptors (Lipinski definition) is 6. The van der Waals surface area contributed by atoms with E-state index in [1.165, 1.54) is 11.3 Å². The highest BCUT2D eigenvalue weighted by atomic mass is 35.5. The molecule has 4 heterocycles. The van der Waals surface area contributed by atoms with Crippen LogP contribution in [0.3, 0.4) is 0 Å². The van der Waals surface area contributed by atoms with Gasteiger partial charge in [0, 0.05) is 28.1 Å². The van der Waals surface area contributed by atoms with E-state index >= 15 is 0 Å². The summed E-state index contributed by atoms with van der Waals surface area (Å²) < 4.78 is 30.7. The van der Waals surface area contributed by atoms with E-state index in [4.69, 9.17) is 21.7 Å². The maximum Gasteiger partial charge on any atom is 0.168 e. The average molecular weight is 488 g/mol. The molecular weight excluding hydrogens is 466 g/mol. The molecule has 0 radical (unpaired) electrons. The van der Waals surface area contributed by atoms with Crippen LogP contribution in [-0.2, 0) is 20.1 Å². The van der Waals surface area contributed by atoms with Gasteiger partial charge in [-0.3, -0.25) is 10.4 Å². The molecule has 2 fully saturated rings. The molecule has 0 amide bonds. The smallest absolute Gasteiger partial charge is 0.168 e. The first-order chi connectivity index (χ1) is 15.2. The topological polar surface area (TPSA) is 92.1 Å². The van der Waals surface area contributed by atoms with Crippen LogP contribution < -0.4 is 5.32 Å². The molecule has 2 N–H and O–H groups in total. The van der Waals surface area contributed by atoms with Crippen molar-refractivity contribution in [2.75, 3.05) is 19.0 Å². The van der Waals surface area contributed by atoms with E-state index in [0.717, 1.165) is 21.7 Å². The fourth-order valence-electron chi connectivity index (χ4n) is 4.45. The number of rotatable bonds is 3. The van der Waals surface area contributed by atoms with Gasteiger partial charge >= 0.3 is 0 Å². The number of benzene rings is 1. The Hall–Kier alpha value is -2.26. The van der Waals surface area contributed by atoms with E-state index in [1.807, 2.05) is 48.5 Å². The lowest BCUT2D eigenvalue weighted by atomic mass is 9.98. The third-order valence-corrected chi connectivity index (χ3v) is 10.8. The molecule has 0 saturated carbocycles. The van der Waals surface area contributed by atoms with Gasteiger partial charge in [0.25, 0.3) is 0 Å². The highest BCUT2D eigenvalue weighted by Crippen LogP contribution is 2.45. The van der Waals surface area contributed by atoms with Crippen molar-refractivity contribution in [3.63, 3.8) is 0 Å². The molecule has 3 aromatic rings. The Balaban J connectivity index is 1.51. The summed E-state index contributed by atoms with van der Waals surface area (Å²) in [5.41, 5.74) is 1.83. The zero-order valence-electron chi connectivity index (χ0n) is 17.4. The minimum atomic E-state index is -3.62. The summed E-state index contributed by atoms with van der Waals surface area (Å²) in [5.74, 6) is -0.151. The number of ether oxygens (including phenoxy) is 1. The number of nitrogens with zero attached hydrogens (tertiary/aromatic N) is 1. The van der Waals surface area contributed by atoms with Gasteiger partial charge in [-0.25, -0.2) is 8.42 Å². The second-order valence-electron chi connectivity index (χ2n) is 8.47. The highest BCUT2D eigenvalue weighted by Gasteiger charge is 2.58. The van der Waals surface area contributed by atoms with Crippen LogP contribution in [-0.4, -0.2) is 43.0 Å². The molecule has 2 aliphatic heterocycles. The Morgan fingerprint density at radius 1 is 1.19 bits per heavy atom. The van der Waals surface area contributed by atoms with Crippen LogP contribution in [0.2, 0.25) is 5.02 Å². The maximum atomic E-state index is 13.3. The van der Waals surface area contributed by atoms with Gasteiger partial charge in [0.05, 0.1) is 28.6 Å². The van der Waals surface area contributed by atoms with E-state index in [2.05, 4.69) is 10.3 Å². The summed E-state index contributed by atoms with van der Waals surface area (Å²) in [6, 6.07) is 15.7. The van der Waals surface area contributed by atoms with Gasteiger partial charge in [0.15, 0.2) is 14.6 Å². The molecule has 6 nitrogen and oxygen atoms in total. The zero-order chi connectivity index (χ0) is 22.6. The van der Waals surface area contributed by atoms with Gasteiger partial charge in [-0.2, -0.15) is 0 Å². The summed E-state index contributed by atoms with van der Waals surface area (Å²) in [6.07, 6.45) is 2.06. The Labute approximate surface area is 196 Å². The Kier molecular flexibility index (Phi) is 5.16. The molecule has 2 aromatic heterocycles. The Morgan fingerprint density at radius 2 is 1.97 bits per heavy atom. The summed E-state index contributed by atoms with van der Waals surface area (Å²) in [7, 11) is -3.62. The molecule has 0 aliphatic carbocycles. The van der Waals surface area contributed by atoms with E-state index in [-0.39, 0.29) is 18.2 Å². The van der Waals surface area contributed by atoms with Crippen molar-refractivity contribution in [2.45, 2.75) is 23.6 Å². The molecule has 166 valence electrons. The highest BCUT2D eigenvalue weighted by molar-refractivity contribution is 7.93. The summed E-state index contributed by atoms with van der Waals surface area (Å²) in [4.78, 5) is 6.10. The predicted octanol–water partition coefficient (Wildman–Crippen LogP) is 4.50. The minimum Gasteiger partial charge on any atom is -0.379 e. The molecule has 0 bridgehead atoms. The van der Waals surface area contributed by atoms with Gasteiger partial charge < -0.3 is 10.1 Å². The van der Waals surface area contributed by atoms with Crippen LogP contribution in [0.5, 0.6) is 0 Å². The molecule has 9 heteroatoms. The quantitative estimate of drug-likeness (QED) is 0.567. The number of sulfone groups is 1. The zero-order valence-corrected chi connectivity index (χ0v) is 19.8. The van der Waals surface area contributed by atoms with E-state index in [0.29, 0.717) is 22.9 Å². The number of amidine groups is 1. The average Bonchev–Trinajstić information content (AvgIpc) is 3.42. The van der Waals surface area contributed by atoms with Crippen molar-refractivity contribution in [1.29, 1.82) is 5.41 Å². The SMILES string of the molecule is C[C@@]1(c2sc(-c3ccnc(-c4ccccc4)c3)cc2Cl)CS(=O)(=O)[C@]2(CCOC2)C(=N)N1. The lowest BCUT2D eigenvalue weighted by molar-refractivity contribution is 0.193. The Bertz CT molecular complexity index is 1300. The standard InChI is InChI=1S/C23H22ClN3O3S2/c1-22(14-32(28,29)23(21(25)27-22)8-10-30-13-23)20-17(24)12-19(31-20)16-7-9-26-18(11-16)15-5-3-2-4-6-15/h2-7,9,11-12H,8,10,13-14H2,1H3,(H2,25,27)/t22-,23-/m0/s1. The third-order valence-electron chi connectivity index (χ3n) is 6.22. The first-order valence-electron chi connectivity index (χ1n) is 10.2. The van der Waals surface area contributed by atoms with Crippen molar-refractivity contribution < 1.29 is 13.2 Å². The second kappa shape index (κ2) is 7.66. The summed E-state index contributed by atoms with van der Waals surface area (Å²) >= 11 is 8.07. The van der Waals surface area contributed by atoms with Crippen molar-refractivity contribution in [3.05, 3.63) is 64.6 Å². The second-order valence-corrected chi connectivity index (χ2v) is 12.2. The lowest BCUT2D eigenvalue weighted by Gasteiger charge is -2.43. The molecule has 32 heavy (non-hydrogen) atoms. The molecule has 2 atom stereocenters. The number of pyridine rings is 1. The molecule has 2 saturated heterocycles. The van der Waals surface area contributed by atoms with Gasteiger partial charge in [-0.15, -0.1) is 11.3 Å². The summed E-state index contributed by atoms with van der Waals surface area (Å²) in [5, 5.41) is 12.2. The van der Waals surface area contributed by atoms with Crippen LogP contribution in [0.15, 0.2) is 54.7 Å². The number of thiophene rings is 1. The number of aromatic nitrogens is 1. The third kappa shape index (κ3) is 3.37. The predicted molar refractivity (Wildman–Crippen MR) is 128 cm³/mol. The number of hydrogen-bond donors (Lipinski definition) is 2. The van der Waals surface area contributed by atoms with Crippen molar-refractivity contribution in [3.8, 4) is 21.7 Å². The largest absolute Gasteiger partial charge is 0.379 e. The fourth-order valence-corrected chi connectivity index (χ4v) is 8.46. The fraction of sp³-hybridized carbons (Fsp3) is 0.304. The number of nitrogens with one attached hydrogen (secondary N) is 2. The van der Waals surface area contributed by atoms with Crippen LogP contribution in [0.25, 0.3) is 21.7 Å². The van der Waals surface area contributed by atoms with E-state index < -0.39 is 20.1 Å². The first-order valence-corrected chi connectivity index (χ1v) is 13.1. The molecular formula is C23H22ClN3O3S2. The normalized spacial score (nSPS) is 26.9. The summed E-state index contributed by atoms with van der Waals surface area (Å²) in [6.45, 7) is 2.17. The van der Waals surface area contributed by atoms with Crippen LogP contribution in [0, 0.1) is 5.41 Å². The lowest BCUT2D eigenvalue weighted by Crippen LogP contribution is -2.66. The van der Waals surface area contributed by atoms with Crippen LogP contribution in [0.1, 0.15) is 18.2 Å². The van der Waals surface area contributed by atoms with Gasteiger partial charge in [0.1, 0.15) is 5.84 Å². The molecule has 5 rings (SSSR count).